The van der Waals surface area contributed by atoms with Gasteiger partial charge in [0.15, 0.2) is 5.82 Å². The molecular formula is C16H14N8O. The molecule has 0 spiro atoms. The molecule has 0 aliphatic carbocycles. The zero-order chi connectivity index (χ0) is 17.4. The van der Waals surface area contributed by atoms with Crippen LogP contribution in [0.4, 0.5) is 5.82 Å². The fourth-order valence-corrected chi connectivity index (χ4v) is 2.52. The lowest BCUT2D eigenvalue weighted by atomic mass is 10.1. The lowest BCUT2D eigenvalue weighted by Crippen LogP contribution is -2.15. The predicted molar refractivity (Wildman–Crippen MR) is 90.7 cm³/mol. The van der Waals surface area contributed by atoms with Gasteiger partial charge in [-0.3, -0.25) is 9.48 Å². The van der Waals surface area contributed by atoms with Crippen molar-refractivity contribution in [3.8, 4) is 11.3 Å². The van der Waals surface area contributed by atoms with Crippen LogP contribution in [0.1, 0.15) is 10.6 Å². The molecule has 9 heteroatoms. The van der Waals surface area contributed by atoms with Crippen molar-refractivity contribution in [2.75, 3.05) is 5.32 Å². The molecule has 1 N–H and O–H groups in total. The van der Waals surface area contributed by atoms with E-state index in [1.54, 1.807) is 25.6 Å². The van der Waals surface area contributed by atoms with Crippen molar-refractivity contribution in [1.82, 2.24) is 34.5 Å². The van der Waals surface area contributed by atoms with Crippen LogP contribution in [0.15, 0.2) is 43.1 Å². The summed E-state index contributed by atoms with van der Waals surface area (Å²) in [6.45, 7) is 0. The number of hydrogen-bond acceptors (Lipinski definition) is 6. The number of benzene rings is 1. The summed E-state index contributed by atoms with van der Waals surface area (Å²) in [5.41, 5.74) is 2.73. The van der Waals surface area contributed by atoms with E-state index in [1.165, 1.54) is 11.0 Å². The van der Waals surface area contributed by atoms with Gasteiger partial charge in [0.1, 0.15) is 6.33 Å². The van der Waals surface area contributed by atoms with Gasteiger partial charge in [0.05, 0.1) is 23.7 Å². The lowest BCUT2D eigenvalue weighted by Gasteiger charge is -2.06. The molecule has 0 fully saturated rings. The Bertz CT molecular complexity index is 1080. The van der Waals surface area contributed by atoms with Crippen LogP contribution in [0.25, 0.3) is 22.2 Å². The maximum Gasteiger partial charge on any atom is 0.296 e. The number of carbonyl (C=O) groups is 1. The molecule has 0 aliphatic rings. The number of hydrogen-bond donors (Lipinski definition) is 1. The van der Waals surface area contributed by atoms with Crippen molar-refractivity contribution < 1.29 is 4.79 Å². The van der Waals surface area contributed by atoms with Gasteiger partial charge in [-0.25, -0.2) is 9.97 Å². The van der Waals surface area contributed by atoms with Crippen LogP contribution in [0, 0.1) is 0 Å². The van der Waals surface area contributed by atoms with E-state index in [4.69, 9.17) is 0 Å². The third-order valence-corrected chi connectivity index (χ3v) is 3.74. The third kappa shape index (κ3) is 2.82. The highest BCUT2D eigenvalue weighted by atomic mass is 16.2. The van der Waals surface area contributed by atoms with E-state index in [0.29, 0.717) is 5.82 Å². The Morgan fingerprint density at radius 2 is 2.00 bits per heavy atom. The van der Waals surface area contributed by atoms with Gasteiger partial charge in [-0.1, -0.05) is 6.07 Å². The molecule has 1 aromatic carbocycles. The molecule has 0 saturated carbocycles. The second-order valence-electron chi connectivity index (χ2n) is 5.59. The molecule has 3 aromatic heterocycles. The van der Waals surface area contributed by atoms with Gasteiger partial charge < -0.3 is 9.88 Å². The molecule has 0 radical (unpaired) electrons. The fraction of sp³-hybridized carbons (Fsp3) is 0.125. The first-order valence-electron chi connectivity index (χ1n) is 7.51. The summed E-state index contributed by atoms with van der Waals surface area (Å²) in [5, 5.41) is 15.7. The minimum atomic E-state index is -0.433. The number of nitrogens with zero attached hydrogens (tertiary/aromatic N) is 7. The Labute approximate surface area is 142 Å². The minimum absolute atomic E-state index is 0.0769. The largest absolute Gasteiger partial charge is 0.334 e. The highest BCUT2D eigenvalue weighted by Crippen LogP contribution is 2.23. The Morgan fingerprint density at radius 3 is 2.72 bits per heavy atom. The summed E-state index contributed by atoms with van der Waals surface area (Å²) in [6, 6.07) is 7.60. The van der Waals surface area contributed by atoms with Gasteiger partial charge in [-0.2, -0.15) is 0 Å². The standard InChI is InChI=1S/C16H14N8O/c1-23-8-17-7-13(23)10-3-4-12-11(5-10)6-14(21-20-12)19-16(25)15-18-9-24(2)22-15/h3-9H,1-2H3,(H,19,21,25). The van der Waals surface area contributed by atoms with E-state index in [0.717, 1.165) is 22.2 Å². The van der Waals surface area contributed by atoms with Crippen molar-refractivity contribution in [2.45, 2.75) is 0 Å². The molecule has 4 rings (SSSR count). The number of imidazole rings is 1. The van der Waals surface area contributed by atoms with Gasteiger partial charge in [0, 0.05) is 25.0 Å². The molecule has 4 aromatic rings. The van der Waals surface area contributed by atoms with Crippen molar-refractivity contribution in [3.05, 3.63) is 48.9 Å². The summed E-state index contributed by atoms with van der Waals surface area (Å²) in [6.07, 6.45) is 5.00. The molecule has 0 bridgehead atoms. The van der Waals surface area contributed by atoms with E-state index in [-0.39, 0.29) is 5.82 Å². The second-order valence-corrected chi connectivity index (χ2v) is 5.59. The Morgan fingerprint density at radius 1 is 1.12 bits per heavy atom. The molecular weight excluding hydrogens is 320 g/mol. The van der Waals surface area contributed by atoms with Gasteiger partial charge >= 0.3 is 0 Å². The maximum absolute atomic E-state index is 12.1. The molecule has 0 saturated heterocycles. The summed E-state index contributed by atoms with van der Waals surface area (Å²) >= 11 is 0. The van der Waals surface area contributed by atoms with Gasteiger partial charge in [-0.05, 0) is 18.2 Å². The predicted octanol–water partition coefficient (Wildman–Crippen LogP) is 1.41. The number of nitrogens with one attached hydrogen (secondary N) is 1. The first-order valence-corrected chi connectivity index (χ1v) is 7.51. The van der Waals surface area contributed by atoms with Gasteiger partial charge in [0.2, 0.25) is 5.82 Å². The van der Waals surface area contributed by atoms with Crippen LogP contribution >= 0.6 is 0 Å². The van der Waals surface area contributed by atoms with Crippen LogP contribution in [-0.2, 0) is 14.1 Å². The second kappa shape index (κ2) is 5.78. The van der Waals surface area contributed by atoms with Crippen LogP contribution in [-0.4, -0.2) is 40.4 Å². The van der Waals surface area contributed by atoms with Crippen LogP contribution in [0.2, 0.25) is 0 Å². The van der Waals surface area contributed by atoms with Crippen LogP contribution < -0.4 is 5.32 Å². The van der Waals surface area contributed by atoms with Gasteiger partial charge in [-0.15, -0.1) is 15.3 Å². The number of anilines is 1. The molecule has 25 heavy (non-hydrogen) atoms. The molecule has 0 atom stereocenters. The Kier molecular flexibility index (Phi) is 3.46. The summed E-state index contributed by atoms with van der Waals surface area (Å²) in [7, 11) is 3.63. The number of aromatic nitrogens is 7. The quantitative estimate of drug-likeness (QED) is 0.607. The van der Waals surface area contributed by atoms with E-state index >= 15 is 0 Å². The average Bonchev–Trinajstić information content (AvgIpc) is 3.22. The summed E-state index contributed by atoms with van der Waals surface area (Å²) in [4.78, 5) is 20.2. The zero-order valence-corrected chi connectivity index (χ0v) is 13.6. The smallest absolute Gasteiger partial charge is 0.296 e. The number of amides is 1. The van der Waals surface area contributed by atoms with E-state index in [9.17, 15) is 4.79 Å². The van der Waals surface area contributed by atoms with Crippen LogP contribution in [0.5, 0.6) is 0 Å². The Balaban J connectivity index is 1.67. The molecule has 3 heterocycles. The lowest BCUT2D eigenvalue weighted by molar-refractivity contribution is 0.101. The number of rotatable bonds is 3. The highest BCUT2D eigenvalue weighted by molar-refractivity contribution is 6.01. The maximum atomic E-state index is 12.1. The highest BCUT2D eigenvalue weighted by Gasteiger charge is 2.12. The minimum Gasteiger partial charge on any atom is -0.334 e. The number of carbonyl (C=O) groups excluding carboxylic acids is 1. The van der Waals surface area contributed by atoms with Crippen LogP contribution in [0.3, 0.4) is 0 Å². The third-order valence-electron chi connectivity index (χ3n) is 3.74. The normalized spacial score (nSPS) is 11.0. The SMILES string of the molecule is Cn1cnc(C(=O)Nc2cc3cc(-c4cncn4C)ccc3nn2)n1. The first kappa shape index (κ1) is 14.9. The number of fused-ring (bicyclic) bond motifs is 1. The van der Waals surface area contributed by atoms with Crippen molar-refractivity contribution in [2.24, 2.45) is 14.1 Å². The summed E-state index contributed by atoms with van der Waals surface area (Å²) in [5.74, 6) is -0.0165. The summed E-state index contributed by atoms with van der Waals surface area (Å²) < 4.78 is 3.40. The van der Waals surface area contributed by atoms with Crippen molar-refractivity contribution in [3.63, 3.8) is 0 Å². The molecule has 0 aliphatic heterocycles. The van der Waals surface area contributed by atoms with E-state index in [1.807, 2.05) is 29.8 Å². The monoisotopic (exact) mass is 334 g/mol. The average molecular weight is 334 g/mol. The fourth-order valence-electron chi connectivity index (χ4n) is 2.52. The van der Waals surface area contributed by atoms with Gasteiger partial charge in [0.25, 0.3) is 5.91 Å². The molecule has 0 unspecified atom stereocenters. The Hall–Kier alpha value is -3.62. The molecule has 124 valence electrons. The molecule has 1 amide bonds. The molecule has 9 nitrogen and oxygen atoms in total. The zero-order valence-electron chi connectivity index (χ0n) is 13.6. The number of aryl methyl sites for hydroxylation is 2. The topological polar surface area (TPSA) is 103 Å². The van der Waals surface area contributed by atoms with E-state index < -0.39 is 5.91 Å². The van der Waals surface area contributed by atoms with Crippen molar-refractivity contribution in [1.29, 1.82) is 0 Å². The van der Waals surface area contributed by atoms with E-state index in [2.05, 4.69) is 30.6 Å². The first-order chi connectivity index (χ1) is 12.1. The van der Waals surface area contributed by atoms with Crippen molar-refractivity contribution >= 4 is 22.6 Å².